The van der Waals surface area contributed by atoms with E-state index in [1.54, 1.807) is 12.1 Å². The molecule has 1 aliphatic rings. The quantitative estimate of drug-likeness (QED) is 0.0860. The van der Waals surface area contributed by atoms with Gasteiger partial charge >= 0.3 is 11.9 Å². The van der Waals surface area contributed by atoms with Crippen LogP contribution in [0, 0.1) is 0 Å². The maximum absolute atomic E-state index is 12.3. The zero-order chi connectivity index (χ0) is 26.2. The number of fused-ring (bicyclic) bond motifs is 1. The van der Waals surface area contributed by atoms with E-state index in [1.807, 2.05) is 0 Å². The Morgan fingerprint density at radius 2 is 1.29 bits per heavy atom. The Kier molecular flexibility index (Phi) is 8.88. The number of nitrogens with two attached hydrogens (primary N) is 4. The lowest BCUT2D eigenvalue weighted by molar-refractivity contribution is -0.492. The van der Waals surface area contributed by atoms with E-state index in [4.69, 9.17) is 22.9 Å². The van der Waals surface area contributed by atoms with Gasteiger partial charge in [0.05, 0.1) is 46.5 Å². The lowest BCUT2D eigenvalue weighted by Gasteiger charge is -2.14. The molecule has 0 fully saturated rings. The predicted octanol–water partition coefficient (Wildman–Crippen LogP) is -5.90. The van der Waals surface area contributed by atoms with Gasteiger partial charge in [-0.15, -0.1) is 0 Å². The van der Waals surface area contributed by atoms with Gasteiger partial charge in [0, 0.05) is 6.42 Å². The minimum Gasteiger partial charge on any atom is -0.549 e. The Morgan fingerprint density at radius 1 is 0.829 bits per heavy atom. The molecule has 0 unspecified atom stereocenters. The molecule has 14 heteroatoms. The number of imide groups is 1. The number of aliphatic carboxylic acids is 1. The summed E-state index contributed by atoms with van der Waals surface area (Å²) in [6, 6.07) is 11.2. The lowest BCUT2D eigenvalue weighted by atomic mass is 10.1. The van der Waals surface area contributed by atoms with E-state index in [2.05, 4.69) is 9.98 Å². The third-order valence-corrected chi connectivity index (χ3v) is 6.17. The average Bonchev–Trinajstić information content (AvgIpc) is 3.03. The van der Waals surface area contributed by atoms with Crippen molar-refractivity contribution in [3.63, 3.8) is 0 Å². The van der Waals surface area contributed by atoms with Crippen molar-refractivity contribution in [3.05, 3.63) is 59.7 Å². The number of amides is 2. The predicted molar refractivity (Wildman–Crippen MR) is 124 cm³/mol. The fraction of sp³-hybridized carbons (Fsp3) is 0.190. The van der Waals surface area contributed by atoms with Crippen molar-refractivity contribution < 1.29 is 37.9 Å². The summed E-state index contributed by atoms with van der Waals surface area (Å²) >= 11 is 0. The van der Waals surface area contributed by atoms with Crippen molar-refractivity contribution in [2.24, 2.45) is 22.9 Å². The summed E-state index contributed by atoms with van der Waals surface area (Å²) in [5, 5.41) is 10.5. The molecule has 186 valence electrons. The number of anilines is 1. The largest absolute Gasteiger partial charge is 0.549 e. The van der Waals surface area contributed by atoms with Gasteiger partial charge in [0.2, 0.25) is 0 Å². The van der Waals surface area contributed by atoms with Gasteiger partial charge in [-0.25, -0.2) is 13.3 Å². The minimum absolute atomic E-state index is 0.202. The van der Waals surface area contributed by atoms with Crippen molar-refractivity contribution in [2.45, 2.75) is 11.3 Å². The molecular formula is C21H26N7O6S+. The highest BCUT2D eigenvalue weighted by molar-refractivity contribution is 7.92. The first-order valence-electron chi connectivity index (χ1n) is 10.2. The molecule has 10 N–H and O–H groups in total. The summed E-state index contributed by atoms with van der Waals surface area (Å²) in [6.07, 6.45) is 0.857. The second kappa shape index (κ2) is 11.6. The molecule has 0 aromatic heterocycles. The van der Waals surface area contributed by atoms with E-state index in [1.165, 1.54) is 24.3 Å². The third-order valence-electron chi connectivity index (χ3n) is 4.57. The van der Waals surface area contributed by atoms with Crippen LogP contribution in [0.15, 0.2) is 53.4 Å². The molecule has 0 aliphatic carbocycles. The molecule has 0 spiro atoms. The zero-order valence-electron chi connectivity index (χ0n) is 18.6. The molecule has 2 aromatic rings. The standard InChI is InChI=1S/C16H11NO6S.C5H14N6/c18-14(19)9-24(22,23)11-7-5-10(6-8-11)17-15(20)12-3-1-2-4-13(12)16(17)21;6-4(7)10-2-1-3-11-5(8)9/h1-8H,9H2,(H,18,19);1-3H2,(H4,6,7,10)(H4,8,9,11)/p+1. The van der Waals surface area contributed by atoms with Crippen LogP contribution in [-0.4, -0.2) is 57.0 Å². The number of rotatable bonds is 8. The molecular weight excluding hydrogens is 478 g/mol. The number of carboxylic acids is 1. The molecule has 0 atom stereocenters. The average molecular weight is 505 g/mol. The number of nitrogens with one attached hydrogen (secondary N) is 2. The highest BCUT2D eigenvalue weighted by atomic mass is 32.2. The summed E-state index contributed by atoms with van der Waals surface area (Å²) in [4.78, 5) is 41.4. The van der Waals surface area contributed by atoms with Crippen LogP contribution >= 0.6 is 0 Å². The van der Waals surface area contributed by atoms with E-state index < -0.39 is 33.4 Å². The maximum Gasteiger partial charge on any atom is 0.338 e. The Balaban J connectivity index is 0.000000334. The van der Waals surface area contributed by atoms with Gasteiger partial charge in [0.1, 0.15) is 0 Å². The Bertz CT molecular complexity index is 1210. The number of carbonyl (C=O) groups excluding carboxylic acids is 3. The SMILES string of the molecule is NC(N)=[NH+]CCC[NH+]=C(N)N.O=C([O-])CS(=O)(=O)c1ccc(N2C(=O)c3ccccc3C2=O)cc1. The van der Waals surface area contributed by atoms with Gasteiger partial charge in [0.15, 0.2) is 9.84 Å². The van der Waals surface area contributed by atoms with Gasteiger partial charge in [-0.3, -0.25) is 42.5 Å². The van der Waals surface area contributed by atoms with E-state index >= 15 is 0 Å². The molecule has 1 heterocycles. The number of hydrogen-bond donors (Lipinski definition) is 6. The van der Waals surface area contributed by atoms with Crippen LogP contribution in [0.4, 0.5) is 5.69 Å². The Hall–Kier alpha value is -4.46. The van der Waals surface area contributed by atoms with Gasteiger partial charge in [-0.1, -0.05) is 12.1 Å². The summed E-state index contributed by atoms with van der Waals surface area (Å²) in [6.45, 7) is 1.42. The molecule has 0 saturated carbocycles. The highest BCUT2D eigenvalue weighted by Gasteiger charge is 2.36. The molecule has 2 amide bonds. The number of carboxylic acid groups (broad SMARTS) is 1. The fourth-order valence-electron chi connectivity index (χ4n) is 3.02. The smallest absolute Gasteiger partial charge is 0.338 e. The number of benzene rings is 2. The van der Waals surface area contributed by atoms with Crippen molar-refractivity contribution >= 4 is 45.2 Å². The van der Waals surface area contributed by atoms with Crippen LogP contribution in [0.25, 0.3) is 0 Å². The van der Waals surface area contributed by atoms with E-state index in [9.17, 15) is 27.9 Å². The number of sulfone groups is 1. The second-order valence-electron chi connectivity index (χ2n) is 7.23. The second-order valence-corrected chi connectivity index (χ2v) is 9.22. The molecule has 0 radical (unpaired) electrons. The molecule has 0 saturated heterocycles. The van der Waals surface area contributed by atoms with Gasteiger partial charge in [0.25, 0.3) is 11.8 Å². The highest BCUT2D eigenvalue weighted by Crippen LogP contribution is 2.29. The molecule has 2 aromatic carbocycles. The molecule has 1 aliphatic heterocycles. The summed E-state index contributed by atoms with van der Waals surface area (Å²) in [7, 11) is -4.03. The van der Waals surface area contributed by atoms with Crippen LogP contribution in [-0.2, 0) is 14.6 Å². The Morgan fingerprint density at radius 3 is 1.69 bits per heavy atom. The van der Waals surface area contributed by atoms with Crippen molar-refractivity contribution in [2.75, 3.05) is 23.7 Å². The van der Waals surface area contributed by atoms with Gasteiger partial charge in [-0.2, -0.15) is 0 Å². The Labute approximate surface area is 201 Å². The summed E-state index contributed by atoms with van der Waals surface area (Å²) in [5.74, 6) is -3.38. The van der Waals surface area contributed by atoms with E-state index in [-0.39, 0.29) is 33.6 Å². The fourth-order valence-corrected chi connectivity index (χ4v) is 4.05. The zero-order valence-corrected chi connectivity index (χ0v) is 19.4. The summed E-state index contributed by atoms with van der Waals surface area (Å²) in [5.41, 5.74) is 21.3. The monoisotopic (exact) mass is 504 g/mol. The first-order valence-corrected chi connectivity index (χ1v) is 11.8. The molecule has 13 nitrogen and oxygen atoms in total. The third kappa shape index (κ3) is 7.26. The molecule has 0 bridgehead atoms. The number of guanidine groups is 2. The molecule has 35 heavy (non-hydrogen) atoms. The van der Waals surface area contributed by atoms with Crippen LogP contribution in [0.3, 0.4) is 0 Å². The lowest BCUT2D eigenvalue weighted by Crippen LogP contribution is -2.82. The first kappa shape index (κ1) is 26.8. The van der Waals surface area contributed by atoms with Crippen molar-refractivity contribution in [3.8, 4) is 0 Å². The first-order chi connectivity index (χ1) is 16.4. The maximum atomic E-state index is 12.3. The summed E-state index contributed by atoms with van der Waals surface area (Å²) < 4.78 is 23.6. The van der Waals surface area contributed by atoms with Crippen molar-refractivity contribution in [1.82, 2.24) is 0 Å². The van der Waals surface area contributed by atoms with Crippen LogP contribution in [0.1, 0.15) is 27.1 Å². The number of hydrogen-bond acceptors (Lipinski definition) is 6. The van der Waals surface area contributed by atoms with E-state index in [0.717, 1.165) is 23.5 Å². The van der Waals surface area contributed by atoms with Crippen LogP contribution in [0.5, 0.6) is 0 Å². The minimum atomic E-state index is -4.03. The van der Waals surface area contributed by atoms with E-state index in [0.29, 0.717) is 13.1 Å². The normalized spacial score (nSPS) is 12.3. The number of carbonyl (C=O) groups is 3. The van der Waals surface area contributed by atoms with Gasteiger partial charge in [-0.05, 0) is 36.4 Å². The number of nitrogens with zero attached hydrogens (tertiary/aromatic N) is 1. The van der Waals surface area contributed by atoms with Crippen LogP contribution < -0.4 is 42.9 Å². The van der Waals surface area contributed by atoms with Crippen LogP contribution in [0.2, 0.25) is 0 Å². The van der Waals surface area contributed by atoms with Gasteiger partial charge < -0.3 is 9.90 Å². The molecule has 3 rings (SSSR count). The topological polar surface area (TPSA) is 244 Å². The van der Waals surface area contributed by atoms with Crippen molar-refractivity contribution in [1.29, 1.82) is 0 Å².